The predicted octanol–water partition coefficient (Wildman–Crippen LogP) is 7.43. The van der Waals surface area contributed by atoms with Crippen molar-refractivity contribution in [2.45, 2.75) is 167 Å². The lowest BCUT2D eigenvalue weighted by Gasteiger charge is -2.21. The number of hydrogen-bond donors (Lipinski definition) is 2. The molecule has 0 aromatic carbocycles. The van der Waals surface area contributed by atoms with E-state index in [4.69, 9.17) is 9.84 Å². The highest BCUT2D eigenvalue weighted by Crippen LogP contribution is 2.19. The van der Waals surface area contributed by atoms with Crippen LogP contribution in [0.4, 0.5) is 0 Å². The molecular weight excluding hydrogens is 500 g/mol. The monoisotopic (exact) mass is 556 g/mol. The predicted molar refractivity (Wildman–Crippen MR) is 152 cm³/mol. The quantitative estimate of drug-likeness (QED) is 0.0607. The molecule has 1 atom stereocenters. The van der Waals surface area contributed by atoms with Gasteiger partial charge in [-0.05, 0) is 6.42 Å². The second kappa shape index (κ2) is 25.0. The molecule has 0 aromatic heterocycles. The Balaban J connectivity index is 3.53. The molecule has 228 valence electrons. The molecule has 0 amide bonds. The van der Waals surface area contributed by atoms with Crippen molar-refractivity contribution in [2.75, 3.05) is 6.61 Å². The Morgan fingerprint density at radius 3 is 1.23 bits per heavy atom. The fourth-order valence-electron chi connectivity index (χ4n) is 4.66. The molecular formula is C31H56O8. The molecule has 0 aromatic rings. The topological polar surface area (TPSA) is 127 Å². The van der Waals surface area contributed by atoms with Crippen LogP contribution in [0.2, 0.25) is 0 Å². The first kappa shape index (κ1) is 37.0. The third-order valence-electron chi connectivity index (χ3n) is 7.04. The van der Waals surface area contributed by atoms with E-state index in [1.54, 1.807) is 0 Å². The Morgan fingerprint density at radius 1 is 0.564 bits per heavy atom. The van der Waals surface area contributed by atoms with E-state index in [0.29, 0.717) is 6.42 Å². The summed E-state index contributed by atoms with van der Waals surface area (Å²) in [6.07, 6.45) is 25.0. The van der Waals surface area contributed by atoms with Crippen molar-refractivity contribution in [2.24, 2.45) is 0 Å². The van der Waals surface area contributed by atoms with Gasteiger partial charge in [-0.15, -0.1) is 0 Å². The summed E-state index contributed by atoms with van der Waals surface area (Å²) in [5, 5.41) is 19.3. The SMILES string of the molecule is CCCCCCCCCCCCCCCCCCCCCCCOC(=O)CC(O)(CC(=O)OC(C)=O)C(=O)O. The van der Waals surface area contributed by atoms with Gasteiger partial charge in [0, 0.05) is 6.92 Å². The van der Waals surface area contributed by atoms with Gasteiger partial charge in [-0.25, -0.2) is 4.79 Å². The standard InChI is InChI=1S/C31H56O8/c1-3-4-5-6-7-8-9-10-11-12-13-14-15-16-17-18-19-20-21-22-23-24-38-28(33)25-31(37,30(35)36)26-29(34)39-27(2)32/h37H,3-26H2,1-2H3,(H,35,36). The van der Waals surface area contributed by atoms with Crippen LogP contribution in [0.1, 0.15) is 162 Å². The van der Waals surface area contributed by atoms with Crippen LogP contribution in [0.25, 0.3) is 0 Å². The van der Waals surface area contributed by atoms with Gasteiger partial charge in [0.15, 0.2) is 5.60 Å². The van der Waals surface area contributed by atoms with Crippen LogP contribution in [-0.4, -0.2) is 46.3 Å². The summed E-state index contributed by atoms with van der Waals surface area (Å²) >= 11 is 0. The summed E-state index contributed by atoms with van der Waals surface area (Å²) in [5.74, 6) is -4.81. The zero-order valence-electron chi connectivity index (χ0n) is 24.8. The fourth-order valence-corrected chi connectivity index (χ4v) is 4.66. The van der Waals surface area contributed by atoms with Gasteiger partial charge in [0.2, 0.25) is 0 Å². The molecule has 39 heavy (non-hydrogen) atoms. The minimum Gasteiger partial charge on any atom is -0.479 e. The fraction of sp³-hybridized carbons (Fsp3) is 0.871. The highest BCUT2D eigenvalue weighted by atomic mass is 16.6. The van der Waals surface area contributed by atoms with Crippen LogP contribution >= 0.6 is 0 Å². The van der Waals surface area contributed by atoms with Crippen molar-refractivity contribution in [3.8, 4) is 0 Å². The number of carboxylic acids is 1. The van der Waals surface area contributed by atoms with Crippen LogP contribution in [0, 0.1) is 0 Å². The molecule has 0 fully saturated rings. The number of carbonyl (C=O) groups excluding carboxylic acids is 3. The highest BCUT2D eigenvalue weighted by molar-refractivity contribution is 5.91. The summed E-state index contributed by atoms with van der Waals surface area (Å²) in [4.78, 5) is 45.5. The van der Waals surface area contributed by atoms with Crippen molar-refractivity contribution < 1.29 is 38.9 Å². The van der Waals surface area contributed by atoms with E-state index in [0.717, 1.165) is 26.2 Å². The number of carbonyl (C=O) groups is 4. The van der Waals surface area contributed by atoms with E-state index >= 15 is 0 Å². The maximum absolute atomic E-state index is 11.9. The lowest BCUT2D eigenvalue weighted by molar-refractivity contribution is -0.175. The third-order valence-corrected chi connectivity index (χ3v) is 7.04. The number of carboxylic acid groups (broad SMARTS) is 1. The zero-order chi connectivity index (χ0) is 29.2. The zero-order valence-corrected chi connectivity index (χ0v) is 24.8. The summed E-state index contributed by atoms with van der Waals surface area (Å²) in [6, 6.07) is 0. The number of unbranched alkanes of at least 4 members (excludes halogenated alkanes) is 20. The highest BCUT2D eigenvalue weighted by Gasteiger charge is 2.42. The van der Waals surface area contributed by atoms with Gasteiger partial charge in [-0.1, -0.05) is 135 Å². The Bertz CT molecular complexity index is 663. The van der Waals surface area contributed by atoms with Crippen LogP contribution in [0.3, 0.4) is 0 Å². The lowest BCUT2D eigenvalue weighted by atomic mass is 9.96. The molecule has 0 spiro atoms. The van der Waals surface area contributed by atoms with Crippen LogP contribution < -0.4 is 0 Å². The maximum atomic E-state index is 11.9. The van der Waals surface area contributed by atoms with E-state index in [1.807, 2.05) is 0 Å². The van der Waals surface area contributed by atoms with Gasteiger partial charge in [0.25, 0.3) is 0 Å². The molecule has 0 bridgehead atoms. The maximum Gasteiger partial charge on any atom is 0.336 e. The normalized spacial score (nSPS) is 12.6. The van der Waals surface area contributed by atoms with Crippen LogP contribution in [0.15, 0.2) is 0 Å². The summed E-state index contributed by atoms with van der Waals surface area (Å²) < 4.78 is 9.24. The molecule has 0 aliphatic heterocycles. The molecule has 8 heteroatoms. The average Bonchev–Trinajstić information content (AvgIpc) is 2.86. The van der Waals surface area contributed by atoms with Crippen molar-refractivity contribution >= 4 is 23.9 Å². The Hall–Kier alpha value is -1.96. The number of aliphatic hydroxyl groups is 1. The van der Waals surface area contributed by atoms with Crippen molar-refractivity contribution in [3.63, 3.8) is 0 Å². The number of hydrogen-bond acceptors (Lipinski definition) is 7. The molecule has 0 aliphatic rings. The van der Waals surface area contributed by atoms with E-state index in [9.17, 15) is 24.3 Å². The molecule has 0 saturated heterocycles. The van der Waals surface area contributed by atoms with E-state index in [2.05, 4.69) is 11.7 Å². The van der Waals surface area contributed by atoms with Gasteiger partial charge >= 0.3 is 23.9 Å². The van der Waals surface area contributed by atoms with Crippen molar-refractivity contribution in [1.29, 1.82) is 0 Å². The average molecular weight is 557 g/mol. The molecule has 0 heterocycles. The first-order valence-corrected chi connectivity index (χ1v) is 15.5. The van der Waals surface area contributed by atoms with E-state index < -0.39 is 42.3 Å². The third kappa shape index (κ3) is 23.6. The molecule has 2 N–H and O–H groups in total. The van der Waals surface area contributed by atoms with Gasteiger partial charge in [0.05, 0.1) is 19.4 Å². The number of esters is 3. The Kier molecular flexibility index (Phi) is 23.8. The number of ether oxygens (including phenoxy) is 2. The number of rotatable bonds is 27. The van der Waals surface area contributed by atoms with Gasteiger partial charge < -0.3 is 19.7 Å². The van der Waals surface area contributed by atoms with Gasteiger partial charge in [-0.2, -0.15) is 0 Å². The smallest absolute Gasteiger partial charge is 0.336 e. The van der Waals surface area contributed by atoms with Gasteiger partial charge in [0.1, 0.15) is 0 Å². The minimum atomic E-state index is -2.67. The molecule has 0 saturated carbocycles. The summed E-state index contributed by atoms with van der Waals surface area (Å²) in [7, 11) is 0. The van der Waals surface area contributed by atoms with Crippen LogP contribution in [-0.2, 0) is 28.7 Å². The van der Waals surface area contributed by atoms with Crippen molar-refractivity contribution in [1.82, 2.24) is 0 Å². The largest absolute Gasteiger partial charge is 0.479 e. The summed E-state index contributed by atoms with van der Waals surface area (Å²) in [5.41, 5.74) is -2.67. The molecule has 0 rings (SSSR count). The summed E-state index contributed by atoms with van der Waals surface area (Å²) in [6.45, 7) is 3.38. The minimum absolute atomic E-state index is 0.130. The molecule has 8 nitrogen and oxygen atoms in total. The molecule has 1 unspecified atom stereocenters. The second-order valence-electron chi connectivity index (χ2n) is 10.9. The first-order chi connectivity index (χ1) is 18.7. The second-order valence-corrected chi connectivity index (χ2v) is 10.9. The Labute approximate surface area is 236 Å². The van der Waals surface area contributed by atoms with Gasteiger partial charge in [-0.3, -0.25) is 14.4 Å². The molecule has 0 radical (unpaired) electrons. The van der Waals surface area contributed by atoms with E-state index in [1.165, 1.54) is 109 Å². The van der Waals surface area contributed by atoms with Crippen molar-refractivity contribution in [3.05, 3.63) is 0 Å². The van der Waals surface area contributed by atoms with Crippen LogP contribution in [0.5, 0.6) is 0 Å². The first-order valence-electron chi connectivity index (χ1n) is 15.5. The molecule has 0 aliphatic carbocycles. The number of aliphatic carboxylic acids is 1. The lowest BCUT2D eigenvalue weighted by Crippen LogP contribution is -2.43. The Morgan fingerprint density at radius 2 is 0.897 bits per heavy atom. The van der Waals surface area contributed by atoms with E-state index in [-0.39, 0.29) is 6.61 Å².